The molecule has 5 heteroatoms. The number of hydrogen-bond donors (Lipinski definition) is 2. The number of nitrogens with zero attached hydrogens (tertiary/aromatic N) is 2. The third kappa shape index (κ3) is 2.41. The number of aryl methyl sites for hydroxylation is 1. The number of aromatic nitrogens is 3. The van der Waals surface area contributed by atoms with E-state index in [0.717, 1.165) is 15.9 Å². The van der Waals surface area contributed by atoms with Crippen LogP contribution in [0.2, 0.25) is 0 Å². The van der Waals surface area contributed by atoms with Crippen LogP contribution in [-0.4, -0.2) is 15.2 Å². The van der Waals surface area contributed by atoms with Gasteiger partial charge in [-0.2, -0.15) is 5.10 Å². The molecular formula is C11H13BrN4. The normalized spacial score (nSPS) is 12.4. The van der Waals surface area contributed by atoms with E-state index in [4.69, 9.17) is 0 Å². The minimum atomic E-state index is 0.204. The van der Waals surface area contributed by atoms with Gasteiger partial charge in [0.25, 0.3) is 0 Å². The van der Waals surface area contributed by atoms with Crippen molar-refractivity contribution in [3.05, 3.63) is 40.4 Å². The first kappa shape index (κ1) is 11.1. The minimum Gasteiger partial charge on any atom is -0.377 e. The van der Waals surface area contributed by atoms with E-state index in [1.54, 1.807) is 12.4 Å². The Bertz CT molecular complexity index is 480. The van der Waals surface area contributed by atoms with Crippen molar-refractivity contribution >= 4 is 21.6 Å². The zero-order chi connectivity index (χ0) is 11.5. The maximum Gasteiger partial charge on any atom is 0.0542 e. The lowest BCUT2D eigenvalue weighted by molar-refractivity contribution is 0.872. The Balaban J connectivity index is 2.14. The van der Waals surface area contributed by atoms with Crippen molar-refractivity contribution in [2.75, 3.05) is 5.32 Å². The maximum atomic E-state index is 4.11. The van der Waals surface area contributed by atoms with Gasteiger partial charge in [-0.25, -0.2) is 0 Å². The monoisotopic (exact) mass is 280 g/mol. The highest BCUT2D eigenvalue weighted by atomic mass is 79.9. The lowest BCUT2D eigenvalue weighted by Crippen LogP contribution is -2.07. The predicted molar refractivity (Wildman–Crippen MR) is 67.3 cm³/mol. The molecule has 0 aliphatic rings. The van der Waals surface area contributed by atoms with Crippen LogP contribution in [-0.2, 0) is 0 Å². The second-order valence-electron chi connectivity index (χ2n) is 3.71. The summed E-state index contributed by atoms with van der Waals surface area (Å²) in [6.45, 7) is 4.11. The van der Waals surface area contributed by atoms with Gasteiger partial charge < -0.3 is 5.32 Å². The van der Waals surface area contributed by atoms with Gasteiger partial charge in [0, 0.05) is 21.9 Å². The highest BCUT2D eigenvalue weighted by molar-refractivity contribution is 9.10. The van der Waals surface area contributed by atoms with Gasteiger partial charge in [0.15, 0.2) is 0 Å². The van der Waals surface area contributed by atoms with Crippen molar-refractivity contribution in [1.29, 1.82) is 0 Å². The van der Waals surface area contributed by atoms with Gasteiger partial charge in [-0.15, -0.1) is 0 Å². The Morgan fingerprint density at radius 3 is 2.81 bits per heavy atom. The molecule has 0 aromatic carbocycles. The topological polar surface area (TPSA) is 53.6 Å². The molecule has 84 valence electrons. The summed E-state index contributed by atoms with van der Waals surface area (Å²) in [6.07, 6.45) is 5.41. The van der Waals surface area contributed by atoms with Crippen molar-refractivity contribution < 1.29 is 0 Å². The number of hydrogen-bond acceptors (Lipinski definition) is 3. The van der Waals surface area contributed by atoms with Crippen molar-refractivity contribution in [3.8, 4) is 0 Å². The van der Waals surface area contributed by atoms with E-state index in [2.05, 4.69) is 43.4 Å². The van der Waals surface area contributed by atoms with E-state index in [-0.39, 0.29) is 6.04 Å². The molecule has 4 nitrogen and oxygen atoms in total. The minimum absolute atomic E-state index is 0.204. The van der Waals surface area contributed by atoms with Crippen LogP contribution in [0.25, 0.3) is 0 Å². The van der Waals surface area contributed by atoms with Gasteiger partial charge in [0.1, 0.15) is 0 Å². The molecule has 0 radical (unpaired) electrons. The largest absolute Gasteiger partial charge is 0.377 e. The van der Waals surface area contributed by atoms with E-state index in [1.807, 2.05) is 19.2 Å². The molecule has 2 N–H and O–H groups in total. The van der Waals surface area contributed by atoms with Gasteiger partial charge >= 0.3 is 0 Å². The SMILES string of the molecule is Cc1[nH]ncc1C(C)Nc1cncc(Br)c1. The fraction of sp³-hybridized carbons (Fsp3) is 0.273. The molecule has 2 aromatic rings. The second kappa shape index (κ2) is 4.65. The summed E-state index contributed by atoms with van der Waals surface area (Å²) in [7, 11) is 0. The van der Waals surface area contributed by atoms with E-state index >= 15 is 0 Å². The first-order valence-electron chi connectivity index (χ1n) is 5.04. The first-order chi connectivity index (χ1) is 7.66. The van der Waals surface area contributed by atoms with Crippen LogP contribution in [0.3, 0.4) is 0 Å². The summed E-state index contributed by atoms with van der Waals surface area (Å²) in [5.74, 6) is 0. The van der Waals surface area contributed by atoms with E-state index in [1.165, 1.54) is 5.56 Å². The number of H-pyrrole nitrogens is 1. The molecule has 0 spiro atoms. The molecule has 0 aliphatic heterocycles. The van der Waals surface area contributed by atoms with E-state index < -0.39 is 0 Å². The van der Waals surface area contributed by atoms with Crippen molar-refractivity contribution in [3.63, 3.8) is 0 Å². The Labute approximate surface area is 103 Å². The van der Waals surface area contributed by atoms with Crippen molar-refractivity contribution in [2.45, 2.75) is 19.9 Å². The number of rotatable bonds is 3. The van der Waals surface area contributed by atoms with Crippen LogP contribution in [0.5, 0.6) is 0 Å². The number of halogens is 1. The predicted octanol–water partition coefficient (Wildman–Crippen LogP) is 3.05. The molecule has 0 amide bonds. The quantitative estimate of drug-likeness (QED) is 0.909. The highest BCUT2D eigenvalue weighted by Gasteiger charge is 2.09. The summed E-state index contributed by atoms with van der Waals surface area (Å²) in [5, 5.41) is 10.3. The van der Waals surface area contributed by atoms with Crippen LogP contribution < -0.4 is 5.32 Å². The molecule has 1 atom stereocenters. The third-order valence-electron chi connectivity index (χ3n) is 2.42. The van der Waals surface area contributed by atoms with Gasteiger partial charge in [-0.3, -0.25) is 10.1 Å². The standard InChI is InChI=1S/C11H13BrN4/c1-7(11-6-14-16-8(11)2)15-10-3-9(12)4-13-5-10/h3-7,15H,1-2H3,(H,14,16). The number of anilines is 1. The van der Waals surface area contributed by atoms with Gasteiger partial charge in [-0.05, 0) is 35.8 Å². The van der Waals surface area contributed by atoms with Crippen molar-refractivity contribution in [1.82, 2.24) is 15.2 Å². The first-order valence-corrected chi connectivity index (χ1v) is 5.83. The van der Waals surface area contributed by atoms with E-state index in [0.29, 0.717) is 0 Å². The molecule has 0 bridgehead atoms. The lowest BCUT2D eigenvalue weighted by Gasteiger charge is -2.14. The molecule has 2 aromatic heterocycles. The molecular weight excluding hydrogens is 268 g/mol. The average molecular weight is 281 g/mol. The number of pyridine rings is 1. The van der Waals surface area contributed by atoms with Gasteiger partial charge in [-0.1, -0.05) is 0 Å². The van der Waals surface area contributed by atoms with Crippen LogP contribution in [0, 0.1) is 6.92 Å². The maximum absolute atomic E-state index is 4.11. The Morgan fingerprint density at radius 2 is 2.19 bits per heavy atom. The summed E-state index contributed by atoms with van der Waals surface area (Å²) in [5.41, 5.74) is 3.24. The zero-order valence-electron chi connectivity index (χ0n) is 9.16. The highest BCUT2D eigenvalue weighted by Crippen LogP contribution is 2.21. The molecule has 1 unspecified atom stereocenters. The van der Waals surface area contributed by atoms with Crippen molar-refractivity contribution in [2.24, 2.45) is 0 Å². The van der Waals surface area contributed by atoms with Crippen LogP contribution in [0.1, 0.15) is 24.2 Å². The molecule has 2 heterocycles. The second-order valence-corrected chi connectivity index (χ2v) is 4.62. The molecule has 0 fully saturated rings. The third-order valence-corrected chi connectivity index (χ3v) is 2.86. The van der Waals surface area contributed by atoms with E-state index in [9.17, 15) is 0 Å². The fourth-order valence-electron chi connectivity index (χ4n) is 1.62. The Morgan fingerprint density at radius 1 is 1.38 bits per heavy atom. The zero-order valence-corrected chi connectivity index (χ0v) is 10.7. The lowest BCUT2D eigenvalue weighted by atomic mass is 10.1. The molecule has 0 aliphatic carbocycles. The molecule has 16 heavy (non-hydrogen) atoms. The van der Waals surface area contributed by atoms with Gasteiger partial charge in [0.05, 0.1) is 24.1 Å². The van der Waals surface area contributed by atoms with Crippen LogP contribution in [0.15, 0.2) is 29.1 Å². The Hall–Kier alpha value is -1.36. The van der Waals surface area contributed by atoms with Crippen LogP contribution >= 0.6 is 15.9 Å². The number of nitrogens with one attached hydrogen (secondary N) is 2. The molecule has 0 saturated heterocycles. The summed E-state index contributed by atoms with van der Waals surface area (Å²) >= 11 is 3.39. The summed E-state index contributed by atoms with van der Waals surface area (Å²) in [6, 6.07) is 2.20. The molecule has 0 saturated carbocycles. The van der Waals surface area contributed by atoms with Gasteiger partial charge in [0.2, 0.25) is 0 Å². The fourth-order valence-corrected chi connectivity index (χ4v) is 1.98. The van der Waals surface area contributed by atoms with Crippen LogP contribution in [0.4, 0.5) is 5.69 Å². The average Bonchev–Trinajstić information content (AvgIpc) is 2.64. The Kier molecular flexibility index (Phi) is 3.24. The number of aromatic amines is 1. The molecule has 2 rings (SSSR count). The summed E-state index contributed by atoms with van der Waals surface area (Å²) in [4.78, 5) is 4.11. The summed E-state index contributed by atoms with van der Waals surface area (Å²) < 4.78 is 0.966. The smallest absolute Gasteiger partial charge is 0.0542 e.